The van der Waals surface area contributed by atoms with Crippen molar-refractivity contribution in [3.8, 4) is 0 Å². The van der Waals surface area contributed by atoms with Crippen LogP contribution in [0.1, 0.15) is 30.5 Å². The van der Waals surface area contributed by atoms with E-state index in [4.69, 9.17) is 0 Å². The maximum Gasteiger partial charge on any atom is 0.319 e. The number of amides is 3. The molecule has 0 fully saturated rings. The van der Waals surface area contributed by atoms with Gasteiger partial charge in [-0.1, -0.05) is 12.1 Å². The second-order valence-electron chi connectivity index (χ2n) is 6.12. The molecule has 25 heavy (non-hydrogen) atoms. The SMILES string of the molecule is CC(NC(=O)Nc1cccn(C)c1=O)c1ccc2c(c1)CCC(=O)N2. The van der Waals surface area contributed by atoms with Gasteiger partial charge in [-0.2, -0.15) is 0 Å². The van der Waals surface area contributed by atoms with Gasteiger partial charge in [0.15, 0.2) is 0 Å². The number of nitrogens with zero attached hydrogens (tertiary/aromatic N) is 1. The number of aryl methyl sites for hydroxylation is 2. The summed E-state index contributed by atoms with van der Waals surface area (Å²) in [5.74, 6) is 0.0234. The highest BCUT2D eigenvalue weighted by atomic mass is 16.2. The normalized spacial score (nSPS) is 14.2. The van der Waals surface area contributed by atoms with Gasteiger partial charge in [-0.15, -0.1) is 0 Å². The molecule has 1 aliphatic heterocycles. The van der Waals surface area contributed by atoms with Crippen molar-refractivity contribution in [1.29, 1.82) is 0 Å². The Kier molecular flexibility index (Phi) is 4.56. The molecule has 3 amide bonds. The number of urea groups is 1. The highest BCUT2D eigenvalue weighted by Gasteiger charge is 2.17. The zero-order chi connectivity index (χ0) is 18.0. The highest BCUT2D eigenvalue weighted by molar-refractivity contribution is 5.94. The van der Waals surface area contributed by atoms with Crippen LogP contribution >= 0.6 is 0 Å². The largest absolute Gasteiger partial charge is 0.331 e. The molecule has 2 heterocycles. The van der Waals surface area contributed by atoms with Gasteiger partial charge in [0.25, 0.3) is 5.56 Å². The van der Waals surface area contributed by atoms with Crippen LogP contribution in [0.2, 0.25) is 0 Å². The van der Waals surface area contributed by atoms with Gasteiger partial charge in [0.05, 0.1) is 6.04 Å². The van der Waals surface area contributed by atoms with Gasteiger partial charge < -0.3 is 20.5 Å². The van der Waals surface area contributed by atoms with Gasteiger partial charge >= 0.3 is 6.03 Å². The van der Waals surface area contributed by atoms with E-state index >= 15 is 0 Å². The summed E-state index contributed by atoms with van der Waals surface area (Å²) in [7, 11) is 1.62. The van der Waals surface area contributed by atoms with E-state index in [0.717, 1.165) is 16.8 Å². The van der Waals surface area contributed by atoms with Crippen LogP contribution in [-0.4, -0.2) is 16.5 Å². The number of aromatic nitrogens is 1. The monoisotopic (exact) mass is 340 g/mol. The quantitative estimate of drug-likeness (QED) is 0.799. The van der Waals surface area contributed by atoms with Crippen LogP contribution in [-0.2, 0) is 18.3 Å². The molecule has 0 bridgehead atoms. The first-order valence-electron chi connectivity index (χ1n) is 8.10. The highest BCUT2D eigenvalue weighted by Crippen LogP contribution is 2.26. The molecule has 1 aromatic heterocycles. The first-order chi connectivity index (χ1) is 11.9. The number of fused-ring (bicyclic) bond motifs is 1. The topological polar surface area (TPSA) is 92.2 Å². The molecule has 0 saturated heterocycles. The molecule has 7 heteroatoms. The second-order valence-corrected chi connectivity index (χ2v) is 6.12. The lowest BCUT2D eigenvalue weighted by molar-refractivity contribution is -0.116. The van der Waals surface area contributed by atoms with Crippen molar-refractivity contribution in [1.82, 2.24) is 9.88 Å². The lowest BCUT2D eigenvalue weighted by Crippen LogP contribution is -2.34. The van der Waals surface area contributed by atoms with E-state index in [0.29, 0.717) is 12.8 Å². The van der Waals surface area contributed by atoms with Gasteiger partial charge in [0, 0.05) is 25.4 Å². The van der Waals surface area contributed by atoms with E-state index in [1.807, 2.05) is 25.1 Å². The predicted octanol–water partition coefficient (Wildman–Crippen LogP) is 2.15. The van der Waals surface area contributed by atoms with E-state index in [-0.39, 0.29) is 23.2 Å². The molecule has 0 spiro atoms. The lowest BCUT2D eigenvalue weighted by Gasteiger charge is -2.20. The van der Waals surface area contributed by atoms with E-state index < -0.39 is 6.03 Å². The number of nitrogens with one attached hydrogen (secondary N) is 3. The summed E-state index contributed by atoms with van der Waals surface area (Å²) in [4.78, 5) is 35.5. The molecule has 3 rings (SSSR count). The Balaban J connectivity index is 1.68. The van der Waals surface area contributed by atoms with E-state index in [1.165, 1.54) is 4.57 Å². The maximum absolute atomic E-state index is 12.2. The van der Waals surface area contributed by atoms with Crippen molar-refractivity contribution in [2.45, 2.75) is 25.8 Å². The van der Waals surface area contributed by atoms with Crippen molar-refractivity contribution < 1.29 is 9.59 Å². The van der Waals surface area contributed by atoms with Crippen molar-refractivity contribution in [3.05, 3.63) is 58.0 Å². The summed E-state index contributed by atoms with van der Waals surface area (Å²) in [5, 5.41) is 8.24. The van der Waals surface area contributed by atoms with Crippen LogP contribution < -0.4 is 21.5 Å². The standard InChI is InChI=1S/C18H20N4O3/c1-11(12-5-7-14-13(10-12)6-8-16(23)20-14)19-18(25)21-15-4-3-9-22(2)17(15)24/h3-5,7,9-11H,6,8H2,1-2H3,(H,20,23)(H2,19,21,25). The van der Waals surface area contributed by atoms with E-state index in [9.17, 15) is 14.4 Å². The molecule has 1 aromatic carbocycles. The molecule has 7 nitrogen and oxygen atoms in total. The van der Waals surface area contributed by atoms with Crippen LogP contribution in [0.25, 0.3) is 0 Å². The molecule has 1 unspecified atom stereocenters. The third kappa shape index (κ3) is 3.71. The van der Waals surface area contributed by atoms with E-state index in [2.05, 4.69) is 16.0 Å². The average Bonchev–Trinajstić information content (AvgIpc) is 2.58. The number of pyridine rings is 1. The lowest BCUT2D eigenvalue weighted by atomic mass is 9.98. The first kappa shape index (κ1) is 16.8. The summed E-state index contributed by atoms with van der Waals surface area (Å²) >= 11 is 0. The third-order valence-corrected chi connectivity index (χ3v) is 4.24. The van der Waals surface area contributed by atoms with Crippen LogP contribution in [0.4, 0.5) is 16.2 Å². The summed E-state index contributed by atoms with van der Waals surface area (Å²) < 4.78 is 1.40. The Morgan fingerprint density at radius 2 is 2.04 bits per heavy atom. The molecule has 130 valence electrons. The number of rotatable bonds is 3. The first-order valence-corrected chi connectivity index (χ1v) is 8.10. The summed E-state index contributed by atoms with van der Waals surface area (Å²) in [6, 6.07) is 8.28. The Labute approximate surface area is 145 Å². The van der Waals surface area contributed by atoms with Gasteiger partial charge in [0.2, 0.25) is 5.91 Å². The average molecular weight is 340 g/mol. The van der Waals surface area contributed by atoms with Crippen LogP contribution in [0.5, 0.6) is 0 Å². The zero-order valence-corrected chi connectivity index (χ0v) is 14.1. The molecule has 0 aliphatic carbocycles. The smallest absolute Gasteiger partial charge is 0.319 e. The fraction of sp³-hybridized carbons (Fsp3) is 0.278. The number of hydrogen-bond acceptors (Lipinski definition) is 3. The fourth-order valence-electron chi connectivity index (χ4n) is 2.80. The van der Waals surface area contributed by atoms with Crippen LogP contribution in [0, 0.1) is 0 Å². The number of hydrogen-bond donors (Lipinski definition) is 3. The predicted molar refractivity (Wildman–Crippen MR) is 95.6 cm³/mol. The minimum atomic E-state index is -0.443. The third-order valence-electron chi connectivity index (χ3n) is 4.24. The molecule has 2 aromatic rings. The molecule has 1 atom stereocenters. The molecule has 3 N–H and O–H groups in total. The minimum Gasteiger partial charge on any atom is -0.331 e. The van der Waals surface area contributed by atoms with Crippen molar-refractivity contribution in [2.24, 2.45) is 7.05 Å². The van der Waals surface area contributed by atoms with Crippen LogP contribution in [0.3, 0.4) is 0 Å². The Bertz CT molecular complexity index is 888. The molecular weight excluding hydrogens is 320 g/mol. The molecular formula is C18H20N4O3. The zero-order valence-electron chi connectivity index (χ0n) is 14.1. The Hall–Kier alpha value is -3.09. The van der Waals surface area contributed by atoms with Gasteiger partial charge in [-0.3, -0.25) is 9.59 Å². The maximum atomic E-state index is 12.2. The van der Waals surface area contributed by atoms with Gasteiger partial charge in [-0.25, -0.2) is 4.79 Å². The van der Waals surface area contributed by atoms with Gasteiger partial charge in [-0.05, 0) is 42.7 Å². The summed E-state index contributed by atoms with van der Waals surface area (Å²) in [6.07, 6.45) is 2.78. The minimum absolute atomic E-state index is 0.0234. The molecule has 0 radical (unpaired) electrons. The van der Waals surface area contributed by atoms with Crippen molar-refractivity contribution in [3.63, 3.8) is 0 Å². The number of carbonyl (C=O) groups excluding carboxylic acids is 2. The van der Waals surface area contributed by atoms with Crippen molar-refractivity contribution in [2.75, 3.05) is 10.6 Å². The second kappa shape index (κ2) is 6.80. The van der Waals surface area contributed by atoms with Gasteiger partial charge in [0.1, 0.15) is 5.69 Å². The van der Waals surface area contributed by atoms with E-state index in [1.54, 1.807) is 25.4 Å². The number of anilines is 2. The van der Waals surface area contributed by atoms with Crippen molar-refractivity contribution >= 4 is 23.3 Å². The molecule has 1 aliphatic rings. The Morgan fingerprint density at radius 3 is 2.84 bits per heavy atom. The number of carbonyl (C=O) groups is 2. The fourth-order valence-corrected chi connectivity index (χ4v) is 2.80. The molecule has 0 saturated carbocycles. The number of benzene rings is 1. The summed E-state index contributed by atoms with van der Waals surface area (Å²) in [6.45, 7) is 1.87. The Morgan fingerprint density at radius 1 is 1.24 bits per heavy atom. The summed E-state index contributed by atoms with van der Waals surface area (Å²) in [5.41, 5.74) is 2.77. The van der Waals surface area contributed by atoms with Crippen LogP contribution in [0.15, 0.2) is 41.3 Å².